The van der Waals surface area contributed by atoms with E-state index < -0.39 is 0 Å². The summed E-state index contributed by atoms with van der Waals surface area (Å²) in [4.78, 5) is 11.0. The van der Waals surface area contributed by atoms with Crippen LogP contribution in [0, 0.1) is 19.7 Å². The Labute approximate surface area is 99.9 Å². The highest BCUT2D eigenvalue weighted by atomic mass is 19.1. The van der Waals surface area contributed by atoms with Crippen molar-refractivity contribution in [3.63, 3.8) is 0 Å². The third-order valence-corrected chi connectivity index (χ3v) is 2.75. The molecule has 0 amide bonds. The van der Waals surface area contributed by atoms with Crippen molar-refractivity contribution in [2.24, 2.45) is 0 Å². The zero-order valence-corrected chi connectivity index (χ0v) is 9.83. The minimum Gasteiger partial charge on any atom is -0.298 e. The molecule has 2 aromatic carbocycles. The van der Waals surface area contributed by atoms with E-state index in [-0.39, 0.29) is 5.82 Å². The highest BCUT2D eigenvalue weighted by Gasteiger charge is 2.09. The average molecular weight is 228 g/mol. The molecule has 1 nitrogen and oxygen atoms in total. The molecular weight excluding hydrogens is 215 g/mol. The fraction of sp³-hybridized carbons (Fsp3) is 0.133. The molecule has 0 aliphatic carbocycles. The normalized spacial score (nSPS) is 10.3. The van der Waals surface area contributed by atoms with E-state index in [0.717, 1.165) is 17.4 Å². The first-order valence-electron chi connectivity index (χ1n) is 5.44. The van der Waals surface area contributed by atoms with E-state index in [1.165, 1.54) is 6.07 Å². The maximum absolute atomic E-state index is 13.8. The monoisotopic (exact) mass is 228 g/mol. The lowest BCUT2D eigenvalue weighted by Crippen LogP contribution is -1.92. The molecule has 0 aliphatic rings. The van der Waals surface area contributed by atoms with Gasteiger partial charge in [-0.1, -0.05) is 29.3 Å². The highest BCUT2D eigenvalue weighted by molar-refractivity contribution is 5.88. The van der Waals surface area contributed by atoms with Crippen molar-refractivity contribution in [3.05, 3.63) is 58.9 Å². The number of halogens is 1. The summed E-state index contributed by atoms with van der Waals surface area (Å²) in [6.07, 6.45) is 0.768. The largest absolute Gasteiger partial charge is 0.298 e. The van der Waals surface area contributed by atoms with Crippen LogP contribution >= 0.6 is 0 Å². The van der Waals surface area contributed by atoms with Crippen molar-refractivity contribution in [3.8, 4) is 11.1 Å². The molecule has 0 unspecified atom stereocenters. The average Bonchev–Trinajstić information content (AvgIpc) is 2.32. The molecule has 0 saturated heterocycles. The number of hydrogen-bond acceptors (Lipinski definition) is 1. The quantitative estimate of drug-likeness (QED) is 0.712. The molecule has 2 rings (SSSR count). The topological polar surface area (TPSA) is 17.1 Å². The molecule has 2 aromatic rings. The van der Waals surface area contributed by atoms with Crippen LogP contribution in [-0.4, -0.2) is 6.29 Å². The minimum atomic E-state index is -0.303. The molecule has 0 aliphatic heterocycles. The molecule has 0 heterocycles. The van der Waals surface area contributed by atoms with Crippen LogP contribution in [0.5, 0.6) is 0 Å². The smallest absolute Gasteiger partial charge is 0.150 e. The molecule has 0 bridgehead atoms. The lowest BCUT2D eigenvalue weighted by atomic mass is 9.97. The fourth-order valence-corrected chi connectivity index (χ4v) is 1.87. The Morgan fingerprint density at radius 1 is 0.941 bits per heavy atom. The summed E-state index contributed by atoms with van der Waals surface area (Å²) in [5.74, 6) is -0.303. The Kier molecular flexibility index (Phi) is 3.05. The van der Waals surface area contributed by atoms with Crippen LogP contribution in [0.1, 0.15) is 21.5 Å². The van der Waals surface area contributed by atoms with Crippen LogP contribution in [0.3, 0.4) is 0 Å². The van der Waals surface area contributed by atoms with Gasteiger partial charge in [-0.25, -0.2) is 4.39 Å². The van der Waals surface area contributed by atoms with E-state index in [4.69, 9.17) is 0 Å². The molecule has 0 atom stereocenters. The number of rotatable bonds is 2. The number of hydrogen-bond donors (Lipinski definition) is 0. The van der Waals surface area contributed by atoms with Gasteiger partial charge in [0.15, 0.2) is 6.29 Å². The van der Waals surface area contributed by atoms with Crippen LogP contribution < -0.4 is 0 Å². The Bertz CT molecular complexity index is 573. The lowest BCUT2D eigenvalue weighted by Gasteiger charge is -2.08. The SMILES string of the molecule is Cc1ccc(-c2cc(C)ccc2F)c(C=O)c1. The number of aldehydes is 1. The van der Waals surface area contributed by atoms with Crippen LogP contribution in [0.4, 0.5) is 4.39 Å². The second-order valence-electron chi connectivity index (χ2n) is 4.19. The van der Waals surface area contributed by atoms with Gasteiger partial charge in [0.05, 0.1) is 0 Å². The molecule has 86 valence electrons. The van der Waals surface area contributed by atoms with Crippen molar-refractivity contribution in [2.45, 2.75) is 13.8 Å². The summed E-state index contributed by atoms with van der Waals surface area (Å²) in [5.41, 5.74) is 3.61. The summed E-state index contributed by atoms with van der Waals surface area (Å²) in [7, 11) is 0. The van der Waals surface area contributed by atoms with Crippen LogP contribution in [-0.2, 0) is 0 Å². The van der Waals surface area contributed by atoms with E-state index in [9.17, 15) is 9.18 Å². The van der Waals surface area contributed by atoms with Gasteiger partial charge in [0.25, 0.3) is 0 Å². The Morgan fingerprint density at radius 3 is 2.29 bits per heavy atom. The molecule has 0 aromatic heterocycles. The fourth-order valence-electron chi connectivity index (χ4n) is 1.87. The van der Waals surface area contributed by atoms with Gasteiger partial charge in [-0.2, -0.15) is 0 Å². The third-order valence-electron chi connectivity index (χ3n) is 2.75. The van der Waals surface area contributed by atoms with Crippen molar-refractivity contribution in [1.82, 2.24) is 0 Å². The van der Waals surface area contributed by atoms with Crippen LogP contribution in [0.2, 0.25) is 0 Å². The molecular formula is C15H13FO. The van der Waals surface area contributed by atoms with Gasteiger partial charge in [-0.15, -0.1) is 0 Å². The summed E-state index contributed by atoms with van der Waals surface area (Å²) in [5, 5.41) is 0. The number of carbonyl (C=O) groups is 1. The minimum absolute atomic E-state index is 0.303. The predicted molar refractivity (Wildman–Crippen MR) is 66.7 cm³/mol. The Balaban J connectivity index is 2.67. The molecule has 0 fully saturated rings. The standard InChI is InChI=1S/C15H13FO/c1-10-3-5-13(12(7-10)9-17)14-8-11(2)4-6-15(14)16/h3-9H,1-2H3. The summed E-state index contributed by atoms with van der Waals surface area (Å²) >= 11 is 0. The van der Waals surface area contributed by atoms with Gasteiger partial charge in [-0.3, -0.25) is 4.79 Å². The van der Waals surface area contributed by atoms with E-state index in [2.05, 4.69) is 0 Å². The van der Waals surface area contributed by atoms with Gasteiger partial charge in [-0.05, 0) is 37.6 Å². The first-order valence-corrected chi connectivity index (χ1v) is 5.44. The number of benzene rings is 2. The summed E-state index contributed by atoms with van der Waals surface area (Å²) in [6.45, 7) is 3.81. The van der Waals surface area contributed by atoms with E-state index in [1.807, 2.05) is 19.9 Å². The highest BCUT2D eigenvalue weighted by Crippen LogP contribution is 2.27. The van der Waals surface area contributed by atoms with Gasteiger partial charge in [0, 0.05) is 11.1 Å². The second-order valence-corrected chi connectivity index (χ2v) is 4.19. The second kappa shape index (κ2) is 4.50. The molecule has 2 heteroatoms. The molecule has 0 saturated carbocycles. The zero-order chi connectivity index (χ0) is 12.4. The van der Waals surface area contributed by atoms with Crippen molar-refractivity contribution in [2.75, 3.05) is 0 Å². The maximum Gasteiger partial charge on any atom is 0.150 e. The van der Waals surface area contributed by atoms with Gasteiger partial charge in [0.2, 0.25) is 0 Å². The van der Waals surface area contributed by atoms with Gasteiger partial charge in [0.1, 0.15) is 5.82 Å². The predicted octanol–water partition coefficient (Wildman–Crippen LogP) is 3.92. The van der Waals surface area contributed by atoms with E-state index >= 15 is 0 Å². The first kappa shape index (κ1) is 11.5. The van der Waals surface area contributed by atoms with Gasteiger partial charge < -0.3 is 0 Å². The summed E-state index contributed by atoms with van der Waals surface area (Å²) < 4.78 is 13.8. The molecule has 0 N–H and O–H groups in total. The first-order chi connectivity index (χ1) is 8.11. The number of carbonyl (C=O) groups excluding carboxylic acids is 1. The summed E-state index contributed by atoms with van der Waals surface area (Å²) in [6, 6.07) is 10.3. The third kappa shape index (κ3) is 2.26. The Hall–Kier alpha value is -1.96. The van der Waals surface area contributed by atoms with Crippen molar-refractivity contribution >= 4 is 6.29 Å². The van der Waals surface area contributed by atoms with E-state index in [0.29, 0.717) is 16.7 Å². The number of aryl methyl sites for hydroxylation is 2. The maximum atomic E-state index is 13.8. The molecule has 17 heavy (non-hydrogen) atoms. The van der Waals surface area contributed by atoms with E-state index in [1.54, 1.807) is 24.3 Å². The van der Waals surface area contributed by atoms with Gasteiger partial charge >= 0.3 is 0 Å². The van der Waals surface area contributed by atoms with Crippen LogP contribution in [0.25, 0.3) is 11.1 Å². The van der Waals surface area contributed by atoms with Crippen molar-refractivity contribution < 1.29 is 9.18 Å². The zero-order valence-electron chi connectivity index (χ0n) is 9.83. The molecule has 0 radical (unpaired) electrons. The molecule has 0 spiro atoms. The van der Waals surface area contributed by atoms with Crippen molar-refractivity contribution in [1.29, 1.82) is 0 Å². The Morgan fingerprint density at radius 2 is 1.59 bits per heavy atom. The lowest BCUT2D eigenvalue weighted by molar-refractivity contribution is 0.112. The van der Waals surface area contributed by atoms with Crippen LogP contribution in [0.15, 0.2) is 36.4 Å².